The number of halogens is 3. The summed E-state index contributed by atoms with van der Waals surface area (Å²) in [7, 11) is 3.92. The normalized spacial score (nSPS) is 12.1. The van der Waals surface area contributed by atoms with Gasteiger partial charge in [-0.3, -0.25) is 4.98 Å². The summed E-state index contributed by atoms with van der Waals surface area (Å²) in [6.07, 6.45) is -2.83. The van der Waals surface area contributed by atoms with E-state index in [9.17, 15) is 13.2 Å². The van der Waals surface area contributed by atoms with Crippen LogP contribution in [0, 0.1) is 0 Å². The Labute approximate surface area is 115 Å². The first-order valence-corrected chi connectivity index (χ1v) is 6.22. The number of rotatable bonds is 4. The van der Waals surface area contributed by atoms with E-state index in [0.29, 0.717) is 17.4 Å². The minimum atomic E-state index is -4.34. The Kier molecular flexibility index (Phi) is 4.13. The molecule has 2 aromatic rings. The number of benzene rings is 1. The number of nitrogens with zero attached hydrogens (tertiary/aromatic N) is 2. The Morgan fingerprint density at radius 1 is 1.20 bits per heavy atom. The van der Waals surface area contributed by atoms with Crippen molar-refractivity contribution in [3.8, 4) is 0 Å². The van der Waals surface area contributed by atoms with E-state index >= 15 is 0 Å². The zero-order valence-corrected chi connectivity index (χ0v) is 11.3. The SMILES string of the molecule is CN(C)CCNc1ccnc2cc(C(F)(F)F)ccc12. The Hall–Kier alpha value is -1.82. The van der Waals surface area contributed by atoms with E-state index in [0.717, 1.165) is 24.4 Å². The molecule has 1 aromatic carbocycles. The smallest absolute Gasteiger partial charge is 0.383 e. The van der Waals surface area contributed by atoms with Crippen LogP contribution in [0.15, 0.2) is 30.5 Å². The van der Waals surface area contributed by atoms with Crippen molar-refractivity contribution in [1.82, 2.24) is 9.88 Å². The van der Waals surface area contributed by atoms with Crippen molar-refractivity contribution in [2.24, 2.45) is 0 Å². The molecule has 0 aliphatic heterocycles. The van der Waals surface area contributed by atoms with Crippen molar-refractivity contribution in [2.75, 3.05) is 32.5 Å². The summed E-state index contributed by atoms with van der Waals surface area (Å²) >= 11 is 0. The summed E-state index contributed by atoms with van der Waals surface area (Å²) in [6.45, 7) is 1.55. The molecule has 0 atom stereocenters. The van der Waals surface area contributed by atoms with Gasteiger partial charge in [-0.25, -0.2) is 0 Å². The lowest BCUT2D eigenvalue weighted by Gasteiger charge is -2.13. The average Bonchev–Trinajstić information content (AvgIpc) is 2.37. The second-order valence-corrected chi connectivity index (χ2v) is 4.82. The van der Waals surface area contributed by atoms with Gasteiger partial charge in [-0.15, -0.1) is 0 Å². The van der Waals surface area contributed by atoms with Crippen molar-refractivity contribution in [3.63, 3.8) is 0 Å². The Morgan fingerprint density at radius 2 is 1.95 bits per heavy atom. The zero-order valence-electron chi connectivity index (χ0n) is 11.3. The predicted molar refractivity (Wildman–Crippen MR) is 73.8 cm³/mol. The summed E-state index contributed by atoms with van der Waals surface area (Å²) in [6, 6.07) is 5.39. The number of hydrogen-bond donors (Lipinski definition) is 1. The molecule has 20 heavy (non-hydrogen) atoms. The molecule has 6 heteroatoms. The maximum absolute atomic E-state index is 12.7. The van der Waals surface area contributed by atoms with Crippen LogP contribution in [0.4, 0.5) is 18.9 Å². The minimum Gasteiger partial charge on any atom is -0.383 e. The fraction of sp³-hybridized carbons (Fsp3) is 0.357. The molecule has 0 bridgehead atoms. The van der Waals surface area contributed by atoms with Gasteiger partial charge in [-0.1, -0.05) is 6.07 Å². The molecule has 108 valence electrons. The maximum Gasteiger partial charge on any atom is 0.416 e. The van der Waals surface area contributed by atoms with Crippen LogP contribution in [-0.2, 0) is 6.18 Å². The first-order chi connectivity index (χ1) is 9.38. The number of hydrogen-bond acceptors (Lipinski definition) is 3. The molecule has 0 radical (unpaired) electrons. The number of alkyl halides is 3. The second-order valence-electron chi connectivity index (χ2n) is 4.82. The molecule has 0 unspecified atom stereocenters. The van der Waals surface area contributed by atoms with Crippen LogP contribution in [-0.4, -0.2) is 37.1 Å². The fourth-order valence-corrected chi connectivity index (χ4v) is 1.89. The molecule has 0 aliphatic carbocycles. The highest BCUT2D eigenvalue weighted by Crippen LogP contribution is 2.32. The number of pyridine rings is 1. The van der Waals surface area contributed by atoms with E-state index in [4.69, 9.17) is 0 Å². The van der Waals surface area contributed by atoms with Gasteiger partial charge in [0.1, 0.15) is 0 Å². The molecule has 0 amide bonds. The van der Waals surface area contributed by atoms with Crippen LogP contribution in [0.2, 0.25) is 0 Å². The summed E-state index contributed by atoms with van der Waals surface area (Å²) in [5.74, 6) is 0. The van der Waals surface area contributed by atoms with Crippen molar-refractivity contribution in [2.45, 2.75) is 6.18 Å². The van der Waals surface area contributed by atoms with E-state index in [1.807, 2.05) is 19.0 Å². The fourth-order valence-electron chi connectivity index (χ4n) is 1.89. The molecular weight excluding hydrogens is 267 g/mol. The topological polar surface area (TPSA) is 28.2 Å². The zero-order chi connectivity index (χ0) is 14.8. The van der Waals surface area contributed by atoms with E-state index in [-0.39, 0.29) is 0 Å². The van der Waals surface area contributed by atoms with E-state index < -0.39 is 11.7 Å². The molecular formula is C14H16F3N3. The van der Waals surface area contributed by atoms with Gasteiger partial charge in [-0.05, 0) is 32.3 Å². The lowest BCUT2D eigenvalue weighted by molar-refractivity contribution is -0.137. The Bertz CT molecular complexity index is 594. The van der Waals surface area contributed by atoms with Gasteiger partial charge in [0.15, 0.2) is 0 Å². The predicted octanol–water partition coefficient (Wildman–Crippen LogP) is 3.23. The Balaban J connectivity index is 2.29. The quantitative estimate of drug-likeness (QED) is 0.933. The lowest BCUT2D eigenvalue weighted by Crippen LogP contribution is -2.20. The Morgan fingerprint density at radius 3 is 2.60 bits per heavy atom. The molecule has 0 spiro atoms. The number of nitrogens with one attached hydrogen (secondary N) is 1. The van der Waals surface area contributed by atoms with Crippen molar-refractivity contribution in [1.29, 1.82) is 0 Å². The van der Waals surface area contributed by atoms with Crippen LogP contribution >= 0.6 is 0 Å². The largest absolute Gasteiger partial charge is 0.416 e. The van der Waals surface area contributed by atoms with E-state index in [1.54, 1.807) is 6.07 Å². The van der Waals surface area contributed by atoms with E-state index in [1.165, 1.54) is 12.3 Å². The van der Waals surface area contributed by atoms with Crippen molar-refractivity contribution in [3.05, 3.63) is 36.0 Å². The molecule has 0 aliphatic rings. The van der Waals surface area contributed by atoms with Crippen molar-refractivity contribution < 1.29 is 13.2 Å². The van der Waals surface area contributed by atoms with Gasteiger partial charge in [0.25, 0.3) is 0 Å². The molecule has 3 nitrogen and oxygen atoms in total. The third-order valence-electron chi connectivity index (χ3n) is 2.94. The first kappa shape index (κ1) is 14.6. The molecule has 0 saturated heterocycles. The monoisotopic (exact) mass is 283 g/mol. The summed E-state index contributed by atoms with van der Waals surface area (Å²) in [5, 5.41) is 3.91. The summed E-state index contributed by atoms with van der Waals surface area (Å²) in [4.78, 5) is 6.03. The van der Waals surface area contributed by atoms with Crippen LogP contribution in [0.3, 0.4) is 0 Å². The molecule has 1 N–H and O–H groups in total. The molecule has 1 aromatic heterocycles. The highest BCUT2D eigenvalue weighted by molar-refractivity contribution is 5.91. The molecule has 2 rings (SSSR count). The van der Waals surface area contributed by atoms with Crippen LogP contribution in [0.25, 0.3) is 10.9 Å². The number of aromatic nitrogens is 1. The van der Waals surface area contributed by atoms with E-state index in [2.05, 4.69) is 10.3 Å². The minimum absolute atomic E-state index is 0.342. The van der Waals surface area contributed by atoms with Gasteiger partial charge in [0.05, 0.1) is 11.1 Å². The summed E-state index contributed by atoms with van der Waals surface area (Å²) in [5.41, 5.74) is 0.461. The van der Waals surface area contributed by atoms with Gasteiger partial charge >= 0.3 is 6.18 Å². The second kappa shape index (κ2) is 5.66. The first-order valence-electron chi connectivity index (χ1n) is 6.22. The summed E-state index contributed by atoms with van der Waals surface area (Å²) < 4.78 is 38.0. The third kappa shape index (κ3) is 3.39. The van der Waals surface area contributed by atoms with Gasteiger partial charge in [0.2, 0.25) is 0 Å². The molecule has 0 saturated carbocycles. The van der Waals surface area contributed by atoms with Crippen LogP contribution in [0.5, 0.6) is 0 Å². The highest BCUT2D eigenvalue weighted by Gasteiger charge is 2.30. The van der Waals surface area contributed by atoms with Gasteiger partial charge in [0, 0.05) is 30.4 Å². The third-order valence-corrected chi connectivity index (χ3v) is 2.94. The maximum atomic E-state index is 12.7. The lowest BCUT2D eigenvalue weighted by atomic mass is 10.1. The van der Waals surface area contributed by atoms with Crippen molar-refractivity contribution >= 4 is 16.6 Å². The number of likely N-dealkylation sites (N-methyl/N-ethyl adjacent to an activating group) is 1. The van der Waals surface area contributed by atoms with Gasteiger partial charge in [-0.2, -0.15) is 13.2 Å². The molecule has 1 heterocycles. The highest BCUT2D eigenvalue weighted by atomic mass is 19.4. The standard InChI is InChI=1S/C14H16F3N3/c1-20(2)8-7-19-12-5-6-18-13-9-10(14(15,16)17)3-4-11(12)13/h3-6,9H,7-8H2,1-2H3,(H,18,19). The van der Waals surface area contributed by atoms with Crippen LogP contribution < -0.4 is 5.32 Å². The van der Waals surface area contributed by atoms with Gasteiger partial charge < -0.3 is 10.2 Å². The van der Waals surface area contributed by atoms with Crippen LogP contribution in [0.1, 0.15) is 5.56 Å². The number of fused-ring (bicyclic) bond motifs is 1. The number of anilines is 1. The molecule has 0 fully saturated rings. The average molecular weight is 283 g/mol.